The van der Waals surface area contributed by atoms with Crippen LogP contribution in [0.5, 0.6) is 5.75 Å². The van der Waals surface area contributed by atoms with E-state index in [1.165, 1.54) is 0 Å². The van der Waals surface area contributed by atoms with E-state index in [-0.39, 0.29) is 6.61 Å². The highest BCUT2D eigenvalue weighted by Crippen LogP contribution is 2.34. The first-order valence-electron chi connectivity index (χ1n) is 10.7. The third-order valence-electron chi connectivity index (χ3n) is 5.61. The van der Waals surface area contributed by atoms with Crippen LogP contribution in [0.2, 0.25) is 0 Å². The van der Waals surface area contributed by atoms with Crippen molar-refractivity contribution in [2.75, 3.05) is 20.2 Å². The molecule has 7 heteroatoms. The van der Waals surface area contributed by atoms with Gasteiger partial charge in [-0.15, -0.1) is 0 Å². The van der Waals surface area contributed by atoms with Gasteiger partial charge in [-0.05, 0) is 35.2 Å². The Morgan fingerprint density at radius 3 is 2.22 bits per heavy atom. The van der Waals surface area contributed by atoms with E-state index in [1.54, 1.807) is 12.1 Å². The van der Waals surface area contributed by atoms with Gasteiger partial charge in [0.2, 0.25) is 10.0 Å². The summed E-state index contributed by atoms with van der Waals surface area (Å²) in [4.78, 5) is 5.60. The van der Waals surface area contributed by atoms with E-state index in [4.69, 9.17) is 9.57 Å². The van der Waals surface area contributed by atoms with Crippen LogP contribution >= 0.6 is 0 Å². The van der Waals surface area contributed by atoms with Gasteiger partial charge in [0.15, 0.2) is 0 Å². The Labute approximate surface area is 189 Å². The number of hydroxylamine groups is 2. The topological polar surface area (TPSA) is 67.9 Å². The quantitative estimate of drug-likeness (QED) is 0.536. The molecule has 1 N–H and O–H groups in total. The van der Waals surface area contributed by atoms with Crippen molar-refractivity contribution < 1.29 is 18.0 Å². The lowest BCUT2D eigenvalue weighted by Gasteiger charge is -2.23. The van der Waals surface area contributed by atoms with E-state index < -0.39 is 21.3 Å². The molecular weight excluding hydrogens is 424 g/mol. The number of nitrogens with one attached hydrogen (secondary N) is 1. The largest absolute Gasteiger partial charge is 0.489 e. The molecule has 0 radical (unpaired) electrons. The summed E-state index contributed by atoms with van der Waals surface area (Å²) in [5.74, 6) is 0.736. The zero-order valence-corrected chi connectivity index (χ0v) is 18.9. The van der Waals surface area contributed by atoms with Crippen LogP contribution in [0.1, 0.15) is 22.7 Å². The van der Waals surface area contributed by atoms with Gasteiger partial charge in [-0.1, -0.05) is 72.8 Å². The first-order valence-corrected chi connectivity index (χ1v) is 12.2. The molecule has 1 aliphatic rings. The number of ether oxygens (including phenoxy) is 1. The van der Waals surface area contributed by atoms with E-state index in [9.17, 15) is 8.42 Å². The molecule has 0 aromatic heterocycles. The molecule has 0 aliphatic carbocycles. The Balaban J connectivity index is 1.39. The SMILES string of the molecule is CN1OC[C@H](S(=O)(=O)NCCc2ccccc2)[C@H]1c1ccc(OCc2ccccc2)cc1. The monoisotopic (exact) mass is 452 g/mol. The van der Waals surface area contributed by atoms with Gasteiger partial charge < -0.3 is 4.74 Å². The van der Waals surface area contributed by atoms with Crippen molar-refractivity contribution >= 4 is 10.0 Å². The van der Waals surface area contributed by atoms with Gasteiger partial charge in [-0.2, -0.15) is 5.06 Å². The number of nitrogens with zero attached hydrogens (tertiary/aromatic N) is 1. The van der Waals surface area contributed by atoms with Gasteiger partial charge in [-0.25, -0.2) is 13.1 Å². The summed E-state index contributed by atoms with van der Waals surface area (Å²) in [6.07, 6.45) is 0.640. The van der Waals surface area contributed by atoms with Crippen molar-refractivity contribution in [3.8, 4) is 5.75 Å². The lowest BCUT2D eigenvalue weighted by Crippen LogP contribution is -2.40. The molecule has 0 unspecified atom stereocenters. The molecule has 4 rings (SSSR count). The van der Waals surface area contributed by atoms with Crippen molar-refractivity contribution in [2.24, 2.45) is 0 Å². The van der Waals surface area contributed by atoms with E-state index in [1.807, 2.05) is 84.9 Å². The maximum absolute atomic E-state index is 13.0. The smallest absolute Gasteiger partial charge is 0.218 e. The summed E-state index contributed by atoms with van der Waals surface area (Å²) in [6, 6.07) is 26.9. The number of rotatable bonds is 9. The molecule has 1 aliphatic heterocycles. The van der Waals surface area contributed by atoms with Crippen LogP contribution in [0.3, 0.4) is 0 Å². The fourth-order valence-corrected chi connectivity index (χ4v) is 5.38. The first-order chi connectivity index (χ1) is 15.5. The van der Waals surface area contributed by atoms with Crippen molar-refractivity contribution in [2.45, 2.75) is 24.3 Å². The van der Waals surface area contributed by atoms with E-state index in [0.717, 1.165) is 22.4 Å². The average Bonchev–Trinajstić information content (AvgIpc) is 3.22. The molecule has 0 saturated carbocycles. The van der Waals surface area contributed by atoms with Gasteiger partial charge in [0.05, 0.1) is 12.6 Å². The molecule has 6 nitrogen and oxygen atoms in total. The Bertz CT molecular complexity index is 1090. The first kappa shape index (κ1) is 22.5. The zero-order chi connectivity index (χ0) is 22.4. The third-order valence-corrected chi connectivity index (χ3v) is 7.41. The zero-order valence-electron chi connectivity index (χ0n) is 18.1. The number of sulfonamides is 1. The molecule has 0 bridgehead atoms. The van der Waals surface area contributed by atoms with Crippen molar-refractivity contribution in [1.82, 2.24) is 9.79 Å². The molecule has 3 aromatic carbocycles. The number of hydrogen-bond acceptors (Lipinski definition) is 5. The summed E-state index contributed by atoms with van der Waals surface area (Å²) in [6.45, 7) is 0.953. The number of benzene rings is 3. The maximum Gasteiger partial charge on any atom is 0.218 e. The highest BCUT2D eigenvalue weighted by Gasteiger charge is 2.43. The van der Waals surface area contributed by atoms with Crippen LogP contribution in [-0.2, 0) is 27.9 Å². The summed E-state index contributed by atoms with van der Waals surface area (Å²) < 4.78 is 34.7. The minimum Gasteiger partial charge on any atom is -0.489 e. The van der Waals surface area contributed by atoms with Gasteiger partial charge >= 0.3 is 0 Å². The van der Waals surface area contributed by atoms with Gasteiger partial charge in [0.1, 0.15) is 17.6 Å². The van der Waals surface area contributed by atoms with Gasteiger partial charge in [-0.3, -0.25) is 4.84 Å². The molecule has 32 heavy (non-hydrogen) atoms. The summed E-state index contributed by atoms with van der Waals surface area (Å²) in [5, 5.41) is 0.931. The van der Waals surface area contributed by atoms with Crippen molar-refractivity contribution in [1.29, 1.82) is 0 Å². The molecule has 1 saturated heterocycles. The third kappa shape index (κ3) is 5.55. The molecule has 168 valence electrons. The molecule has 1 heterocycles. The van der Waals surface area contributed by atoms with Crippen LogP contribution in [0.15, 0.2) is 84.9 Å². The van der Waals surface area contributed by atoms with Crippen LogP contribution in [0.4, 0.5) is 0 Å². The molecule has 0 spiro atoms. The van der Waals surface area contributed by atoms with Gasteiger partial charge in [0, 0.05) is 13.6 Å². The minimum absolute atomic E-state index is 0.119. The highest BCUT2D eigenvalue weighted by atomic mass is 32.2. The molecule has 2 atom stereocenters. The van der Waals surface area contributed by atoms with Crippen molar-refractivity contribution in [3.05, 3.63) is 102 Å². The lowest BCUT2D eigenvalue weighted by atomic mass is 10.0. The Morgan fingerprint density at radius 1 is 0.938 bits per heavy atom. The molecule has 0 amide bonds. The normalized spacial score (nSPS) is 19.2. The maximum atomic E-state index is 13.0. The summed E-state index contributed by atoms with van der Waals surface area (Å²) in [7, 11) is -1.80. The second-order valence-electron chi connectivity index (χ2n) is 7.84. The number of hydrogen-bond donors (Lipinski definition) is 1. The minimum atomic E-state index is -3.56. The van der Waals surface area contributed by atoms with Crippen LogP contribution in [-0.4, -0.2) is 38.9 Å². The van der Waals surface area contributed by atoms with E-state index in [2.05, 4.69) is 4.72 Å². The average molecular weight is 453 g/mol. The fraction of sp³-hybridized carbons (Fsp3) is 0.280. The van der Waals surface area contributed by atoms with Crippen LogP contribution in [0.25, 0.3) is 0 Å². The molecule has 1 fully saturated rings. The Kier molecular flexibility index (Phi) is 7.22. The highest BCUT2D eigenvalue weighted by molar-refractivity contribution is 7.90. The summed E-state index contributed by atoms with van der Waals surface area (Å²) >= 11 is 0. The van der Waals surface area contributed by atoms with Crippen molar-refractivity contribution in [3.63, 3.8) is 0 Å². The van der Waals surface area contributed by atoms with Crippen LogP contribution < -0.4 is 9.46 Å². The lowest BCUT2D eigenvalue weighted by molar-refractivity contribution is -0.110. The Morgan fingerprint density at radius 2 is 1.56 bits per heavy atom. The van der Waals surface area contributed by atoms with Gasteiger partial charge in [0.25, 0.3) is 0 Å². The second-order valence-corrected chi connectivity index (χ2v) is 9.83. The fourth-order valence-electron chi connectivity index (χ4n) is 3.87. The standard InChI is InChI=1S/C25H28N2O4S/c1-27-25(22-12-14-23(15-13-22)30-18-21-10-6-3-7-11-21)24(19-31-27)32(28,29)26-17-16-20-8-4-2-5-9-20/h2-15,24-26H,16-19H2,1H3/t24-,25+/m0/s1. The molecular formula is C25H28N2O4S. The summed E-state index contributed by atoms with van der Waals surface area (Å²) in [5.41, 5.74) is 3.06. The Hall–Kier alpha value is -2.71. The predicted molar refractivity (Wildman–Crippen MR) is 125 cm³/mol. The predicted octanol–water partition coefficient (Wildman–Crippen LogP) is 3.71. The van der Waals surface area contributed by atoms with Crippen LogP contribution in [0, 0.1) is 0 Å². The van der Waals surface area contributed by atoms with E-state index in [0.29, 0.717) is 19.6 Å². The van der Waals surface area contributed by atoms with E-state index >= 15 is 0 Å². The second kappa shape index (κ2) is 10.3. The molecule has 3 aromatic rings.